The largest absolute Gasteiger partial charge is 0.481 e. The average molecular weight is 345 g/mol. The molecule has 1 aromatic heterocycles. The van der Waals surface area contributed by atoms with Crippen LogP contribution in [-0.2, 0) is 11.0 Å². The standard InChI is InChI=1S/C15H12ClF3N2O2/c1-9(14(22)21-12-3-2-8-20-13(12)16)23-11-6-4-10(5-7-11)15(17,18)19/h2-9H,1H3,(H,21,22)/t9-/m0/s1. The quantitative estimate of drug-likeness (QED) is 0.847. The second-order valence-electron chi connectivity index (χ2n) is 4.61. The van der Waals surface area contributed by atoms with Gasteiger partial charge in [0.05, 0.1) is 11.3 Å². The fourth-order valence-electron chi connectivity index (χ4n) is 1.69. The summed E-state index contributed by atoms with van der Waals surface area (Å²) in [7, 11) is 0. The zero-order chi connectivity index (χ0) is 17.0. The first-order valence-electron chi connectivity index (χ1n) is 6.52. The number of nitrogens with one attached hydrogen (secondary N) is 1. The lowest BCUT2D eigenvalue weighted by Crippen LogP contribution is -2.30. The maximum absolute atomic E-state index is 12.5. The molecule has 1 aromatic carbocycles. The molecule has 1 heterocycles. The third-order valence-electron chi connectivity index (χ3n) is 2.88. The van der Waals surface area contributed by atoms with Crippen molar-refractivity contribution in [3.63, 3.8) is 0 Å². The monoisotopic (exact) mass is 344 g/mol. The molecule has 0 fully saturated rings. The number of hydrogen-bond acceptors (Lipinski definition) is 3. The van der Waals surface area contributed by atoms with Crippen molar-refractivity contribution in [3.05, 3.63) is 53.3 Å². The second kappa shape index (κ2) is 6.87. The van der Waals surface area contributed by atoms with E-state index >= 15 is 0 Å². The van der Waals surface area contributed by atoms with E-state index in [4.69, 9.17) is 16.3 Å². The molecule has 2 aromatic rings. The number of benzene rings is 1. The SMILES string of the molecule is C[C@H](Oc1ccc(C(F)(F)F)cc1)C(=O)Nc1cccnc1Cl. The van der Waals surface area contributed by atoms with E-state index in [9.17, 15) is 18.0 Å². The van der Waals surface area contributed by atoms with E-state index in [0.29, 0.717) is 5.69 Å². The summed E-state index contributed by atoms with van der Waals surface area (Å²) in [5.41, 5.74) is -0.467. The predicted octanol–water partition coefficient (Wildman–Crippen LogP) is 4.16. The zero-order valence-corrected chi connectivity index (χ0v) is 12.7. The number of carbonyl (C=O) groups is 1. The molecular formula is C15H12ClF3N2O2. The van der Waals surface area contributed by atoms with Crippen molar-refractivity contribution in [2.45, 2.75) is 19.2 Å². The first-order chi connectivity index (χ1) is 10.8. The molecule has 2 rings (SSSR count). The summed E-state index contributed by atoms with van der Waals surface area (Å²) in [6, 6.07) is 7.25. The van der Waals surface area contributed by atoms with Gasteiger partial charge in [-0.15, -0.1) is 0 Å². The van der Waals surface area contributed by atoms with Crippen molar-refractivity contribution >= 4 is 23.2 Å². The Morgan fingerprint density at radius 2 is 1.91 bits per heavy atom. The van der Waals surface area contributed by atoms with Crippen LogP contribution < -0.4 is 10.1 Å². The molecule has 4 nitrogen and oxygen atoms in total. The molecule has 1 atom stereocenters. The predicted molar refractivity (Wildman–Crippen MR) is 79.4 cm³/mol. The Hall–Kier alpha value is -2.28. The van der Waals surface area contributed by atoms with Crippen molar-refractivity contribution in [1.82, 2.24) is 4.98 Å². The van der Waals surface area contributed by atoms with Gasteiger partial charge in [-0.1, -0.05) is 11.6 Å². The Morgan fingerprint density at radius 1 is 1.26 bits per heavy atom. The highest BCUT2D eigenvalue weighted by Gasteiger charge is 2.30. The lowest BCUT2D eigenvalue weighted by molar-refractivity contribution is -0.137. The molecule has 1 N–H and O–H groups in total. The summed E-state index contributed by atoms with van der Waals surface area (Å²) in [6.45, 7) is 1.47. The first-order valence-corrected chi connectivity index (χ1v) is 6.90. The van der Waals surface area contributed by atoms with Gasteiger partial charge in [-0.2, -0.15) is 13.2 Å². The molecule has 0 aliphatic rings. The van der Waals surface area contributed by atoms with Gasteiger partial charge in [0.1, 0.15) is 5.75 Å². The summed E-state index contributed by atoms with van der Waals surface area (Å²) in [5.74, 6) is -0.349. The molecule has 0 bridgehead atoms. The third kappa shape index (κ3) is 4.59. The number of carbonyl (C=O) groups excluding carboxylic acids is 1. The lowest BCUT2D eigenvalue weighted by atomic mass is 10.2. The zero-order valence-electron chi connectivity index (χ0n) is 11.9. The maximum Gasteiger partial charge on any atom is 0.416 e. The second-order valence-corrected chi connectivity index (χ2v) is 4.97. The molecule has 0 unspecified atom stereocenters. The molecule has 0 saturated carbocycles. The highest BCUT2D eigenvalue weighted by atomic mass is 35.5. The fraction of sp³-hybridized carbons (Fsp3) is 0.200. The van der Waals surface area contributed by atoms with Crippen molar-refractivity contribution in [3.8, 4) is 5.75 Å². The summed E-state index contributed by atoms with van der Waals surface area (Å²) >= 11 is 5.82. The minimum atomic E-state index is -4.42. The van der Waals surface area contributed by atoms with Gasteiger partial charge < -0.3 is 10.1 Å². The number of rotatable bonds is 4. The smallest absolute Gasteiger partial charge is 0.416 e. The van der Waals surface area contributed by atoms with Gasteiger partial charge in [0.25, 0.3) is 5.91 Å². The van der Waals surface area contributed by atoms with Gasteiger partial charge >= 0.3 is 6.18 Å². The van der Waals surface area contributed by atoms with Crippen LogP contribution in [0.2, 0.25) is 5.15 Å². The minimum Gasteiger partial charge on any atom is -0.481 e. The highest BCUT2D eigenvalue weighted by Crippen LogP contribution is 2.30. The Balaban J connectivity index is 2.00. The Bertz CT molecular complexity index is 690. The summed E-state index contributed by atoms with van der Waals surface area (Å²) in [4.78, 5) is 15.8. The van der Waals surface area contributed by atoms with Crippen LogP contribution in [0.4, 0.5) is 18.9 Å². The minimum absolute atomic E-state index is 0.127. The van der Waals surface area contributed by atoms with Crippen molar-refractivity contribution < 1.29 is 22.7 Å². The van der Waals surface area contributed by atoms with Crippen LogP contribution in [0.1, 0.15) is 12.5 Å². The highest BCUT2D eigenvalue weighted by molar-refractivity contribution is 6.32. The number of hydrogen-bond donors (Lipinski definition) is 1. The van der Waals surface area contributed by atoms with Crippen LogP contribution >= 0.6 is 11.6 Å². The number of amides is 1. The molecule has 1 amide bonds. The number of halogens is 4. The normalized spacial score (nSPS) is 12.6. The molecule has 0 saturated heterocycles. The topological polar surface area (TPSA) is 51.2 Å². The lowest BCUT2D eigenvalue weighted by Gasteiger charge is -2.15. The molecule has 0 spiro atoms. The van der Waals surface area contributed by atoms with Crippen LogP contribution in [0.5, 0.6) is 5.75 Å². The molecule has 0 aliphatic heterocycles. The van der Waals surface area contributed by atoms with Crippen molar-refractivity contribution in [2.75, 3.05) is 5.32 Å². The van der Waals surface area contributed by atoms with Crippen LogP contribution in [-0.4, -0.2) is 17.0 Å². The summed E-state index contributed by atoms with van der Waals surface area (Å²) in [6.07, 6.45) is -3.87. The summed E-state index contributed by atoms with van der Waals surface area (Å²) < 4.78 is 42.7. The molecule has 0 radical (unpaired) electrons. The van der Waals surface area contributed by atoms with Gasteiger partial charge in [-0.05, 0) is 43.3 Å². The first kappa shape index (κ1) is 17.1. The van der Waals surface area contributed by atoms with E-state index in [0.717, 1.165) is 24.3 Å². The number of anilines is 1. The number of aromatic nitrogens is 1. The van der Waals surface area contributed by atoms with Crippen LogP contribution in [0.25, 0.3) is 0 Å². The van der Waals surface area contributed by atoms with E-state index in [1.165, 1.54) is 13.1 Å². The van der Waals surface area contributed by atoms with Gasteiger partial charge in [0.15, 0.2) is 11.3 Å². The molecular weight excluding hydrogens is 333 g/mol. The molecule has 0 aliphatic carbocycles. The van der Waals surface area contributed by atoms with Crippen LogP contribution in [0.3, 0.4) is 0 Å². The van der Waals surface area contributed by atoms with Gasteiger partial charge in [-0.3, -0.25) is 4.79 Å². The van der Waals surface area contributed by atoms with Gasteiger partial charge in [-0.25, -0.2) is 4.98 Å². The number of pyridine rings is 1. The maximum atomic E-state index is 12.5. The van der Waals surface area contributed by atoms with E-state index in [1.54, 1.807) is 12.1 Å². The van der Waals surface area contributed by atoms with Crippen LogP contribution in [0.15, 0.2) is 42.6 Å². The van der Waals surface area contributed by atoms with Gasteiger partial charge in [0, 0.05) is 6.20 Å². The van der Waals surface area contributed by atoms with E-state index < -0.39 is 23.8 Å². The van der Waals surface area contributed by atoms with Crippen LogP contribution in [0, 0.1) is 0 Å². The average Bonchev–Trinajstić information content (AvgIpc) is 2.49. The van der Waals surface area contributed by atoms with Gasteiger partial charge in [0.2, 0.25) is 0 Å². The van der Waals surface area contributed by atoms with Crippen molar-refractivity contribution in [1.29, 1.82) is 0 Å². The van der Waals surface area contributed by atoms with E-state index in [1.807, 2.05) is 0 Å². The molecule has 122 valence electrons. The number of nitrogens with zero attached hydrogens (tertiary/aromatic N) is 1. The number of alkyl halides is 3. The number of ether oxygens (including phenoxy) is 1. The third-order valence-corrected chi connectivity index (χ3v) is 3.18. The molecule has 8 heteroatoms. The molecule has 23 heavy (non-hydrogen) atoms. The van der Waals surface area contributed by atoms with E-state index in [2.05, 4.69) is 10.3 Å². The fourth-order valence-corrected chi connectivity index (χ4v) is 1.86. The Morgan fingerprint density at radius 3 is 2.48 bits per heavy atom. The Labute approximate surface area is 135 Å². The Kier molecular flexibility index (Phi) is 5.10. The summed E-state index contributed by atoms with van der Waals surface area (Å²) in [5, 5.41) is 2.65. The van der Waals surface area contributed by atoms with Crippen molar-refractivity contribution in [2.24, 2.45) is 0 Å². The van der Waals surface area contributed by atoms with E-state index in [-0.39, 0.29) is 10.9 Å².